The number of ether oxygens (including phenoxy) is 1. The van der Waals surface area contributed by atoms with Crippen molar-refractivity contribution in [1.29, 1.82) is 0 Å². The van der Waals surface area contributed by atoms with Crippen LogP contribution in [0, 0.1) is 0 Å². The van der Waals surface area contributed by atoms with E-state index < -0.39 is 11.5 Å². The van der Waals surface area contributed by atoms with E-state index in [1.807, 2.05) is 35.2 Å². The smallest absolute Gasteiger partial charge is 0.286 e. The summed E-state index contributed by atoms with van der Waals surface area (Å²) >= 11 is 0. The third kappa shape index (κ3) is 10.5. The van der Waals surface area contributed by atoms with Gasteiger partial charge in [-0.2, -0.15) is 0 Å². The van der Waals surface area contributed by atoms with Gasteiger partial charge in [-0.05, 0) is 58.3 Å². The van der Waals surface area contributed by atoms with Gasteiger partial charge in [0.05, 0.1) is 0 Å². The molecule has 0 aliphatic carbocycles. The maximum absolute atomic E-state index is 12.8. The van der Waals surface area contributed by atoms with Gasteiger partial charge in [0, 0.05) is 37.2 Å². The van der Waals surface area contributed by atoms with Gasteiger partial charge >= 0.3 is 0 Å². The molecule has 0 bridgehead atoms. The molecule has 2 heterocycles. The zero-order chi connectivity index (χ0) is 30.0. The van der Waals surface area contributed by atoms with E-state index in [9.17, 15) is 14.4 Å². The van der Waals surface area contributed by atoms with Crippen molar-refractivity contribution in [3.05, 3.63) is 108 Å². The fourth-order valence-electron chi connectivity index (χ4n) is 4.88. The van der Waals surface area contributed by atoms with Gasteiger partial charge in [-0.1, -0.05) is 98.0 Å². The van der Waals surface area contributed by atoms with Crippen molar-refractivity contribution in [3.8, 4) is 0 Å². The van der Waals surface area contributed by atoms with Gasteiger partial charge in [-0.25, -0.2) is 0 Å². The molecule has 0 saturated carbocycles. The summed E-state index contributed by atoms with van der Waals surface area (Å²) in [6.45, 7) is 4.91. The van der Waals surface area contributed by atoms with Crippen molar-refractivity contribution < 1.29 is 19.1 Å². The van der Waals surface area contributed by atoms with E-state index in [-0.39, 0.29) is 23.5 Å². The van der Waals surface area contributed by atoms with Crippen molar-refractivity contribution in [2.24, 2.45) is 0 Å². The Morgan fingerprint density at radius 1 is 0.929 bits per heavy atom. The number of likely N-dealkylation sites (tertiary alicyclic amines) is 1. The summed E-state index contributed by atoms with van der Waals surface area (Å²) in [5, 5.41) is 2.94. The molecule has 2 aliphatic rings. The van der Waals surface area contributed by atoms with Gasteiger partial charge in [-0.3, -0.25) is 14.4 Å². The van der Waals surface area contributed by atoms with Crippen LogP contribution in [-0.2, 0) is 24.7 Å². The summed E-state index contributed by atoms with van der Waals surface area (Å²) in [6.07, 6.45) is 30.8. The third-order valence-electron chi connectivity index (χ3n) is 7.39. The molecule has 3 rings (SSSR count). The first-order chi connectivity index (χ1) is 20.4. The number of carbonyl (C=O) groups excluding carboxylic acids is 3. The van der Waals surface area contributed by atoms with Crippen LogP contribution in [0.4, 0.5) is 0 Å². The molecular weight excluding hydrogens is 524 g/mol. The molecule has 1 aromatic rings. The number of unbranched alkanes of at least 4 members (excludes halogenated alkanes) is 1. The fourth-order valence-corrected chi connectivity index (χ4v) is 4.88. The summed E-state index contributed by atoms with van der Waals surface area (Å²) in [4.78, 5) is 39.9. The van der Waals surface area contributed by atoms with Crippen molar-refractivity contribution in [2.45, 2.75) is 83.3 Å². The molecule has 2 amide bonds. The predicted octanol–water partition coefficient (Wildman–Crippen LogP) is 7.02. The number of carbonyl (C=O) groups is 3. The Morgan fingerprint density at radius 3 is 2.14 bits per heavy atom. The zero-order valence-corrected chi connectivity index (χ0v) is 25.2. The first-order valence-electron chi connectivity index (χ1n) is 15.3. The second-order valence-corrected chi connectivity index (χ2v) is 10.8. The molecule has 2 aliphatic heterocycles. The molecular formula is C36H46N2O4. The molecule has 0 aromatic heterocycles. The van der Waals surface area contributed by atoms with Crippen LogP contribution in [0.25, 0.3) is 0 Å². The van der Waals surface area contributed by atoms with Crippen LogP contribution < -0.4 is 5.32 Å². The minimum atomic E-state index is -1.20. The monoisotopic (exact) mass is 570 g/mol. The highest BCUT2D eigenvalue weighted by molar-refractivity contribution is 6.07. The largest absolute Gasteiger partial charge is 0.469 e. The number of hydrogen-bond acceptors (Lipinski definition) is 4. The second kappa shape index (κ2) is 17.8. The van der Waals surface area contributed by atoms with Gasteiger partial charge in [0.1, 0.15) is 0 Å². The van der Waals surface area contributed by atoms with E-state index in [1.54, 1.807) is 6.92 Å². The van der Waals surface area contributed by atoms with Crippen molar-refractivity contribution in [2.75, 3.05) is 13.1 Å². The number of hydrogen-bond donors (Lipinski definition) is 1. The number of benzene rings is 1. The molecule has 224 valence electrons. The lowest BCUT2D eigenvalue weighted by molar-refractivity contribution is -0.133. The SMILES string of the molecule is CC/C=C\C/C=C\C/C=C\C/C=C\C/C=C\CCCC(=O)N1CC[C@H](NC(=O)C2=CC(=O)C(C)(c3ccccc3)O2)C1. The average Bonchev–Trinajstić information content (AvgIpc) is 3.59. The Morgan fingerprint density at radius 2 is 1.52 bits per heavy atom. The van der Waals surface area contributed by atoms with Crippen LogP contribution in [0.1, 0.15) is 77.2 Å². The Balaban J connectivity index is 1.25. The van der Waals surface area contributed by atoms with Crippen LogP contribution in [-0.4, -0.2) is 41.6 Å². The Labute approximate surface area is 251 Å². The Hall–Kier alpha value is -3.93. The average molecular weight is 571 g/mol. The zero-order valence-electron chi connectivity index (χ0n) is 25.2. The van der Waals surface area contributed by atoms with Gasteiger partial charge in [0.15, 0.2) is 11.4 Å². The van der Waals surface area contributed by atoms with Crippen molar-refractivity contribution in [1.82, 2.24) is 10.2 Å². The van der Waals surface area contributed by atoms with E-state index in [2.05, 4.69) is 73.0 Å². The fraction of sp³-hybridized carbons (Fsp3) is 0.417. The molecule has 1 saturated heterocycles. The number of nitrogens with zero attached hydrogens (tertiary/aromatic N) is 1. The summed E-state index contributed by atoms with van der Waals surface area (Å²) in [5.41, 5.74) is -0.493. The molecule has 1 unspecified atom stereocenters. The van der Waals surface area contributed by atoms with Crippen LogP contribution in [0.3, 0.4) is 0 Å². The van der Waals surface area contributed by atoms with E-state index in [0.717, 1.165) is 44.9 Å². The number of rotatable bonds is 16. The quantitative estimate of drug-likeness (QED) is 0.171. The highest BCUT2D eigenvalue weighted by atomic mass is 16.5. The van der Waals surface area contributed by atoms with Crippen LogP contribution in [0.2, 0.25) is 0 Å². The molecule has 0 radical (unpaired) electrons. The van der Waals surface area contributed by atoms with Crippen molar-refractivity contribution in [3.63, 3.8) is 0 Å². The number of amides is 2. The molecule has 6 nitrogen and oxygen atoms in total. The molecule has 1 N–H and O–H groups in total. The maximum Gasteiger partial charge on any atom is 0.286 e. The van der Waals surface area contributed by atoms with E-state index in [1.165, 1.54) is 6.08 Å². The summed E-state index contributed by atoms with van der Waals surface area (Å²) < 4.78 is 5.84. The standard InChI is InChI=1S/C36H46N2O4/c1-3-4-5-6-7-8-9-10-11-12-13-14-15-16-17-18-22-25-34(40)38-27-26-31(29-38)37-35(41)32-28-33(39)36(2,42-32)30-23-20-19-21-24-30/h4-5,7-8,10-11,13-14,16-17,19-21,23-24,28,31H,3,6,9,12,15,18,22,25-27,29H2,1-2H3,(H,37,41)/b5-4-,8-7-,11-10-,14-13-,17-16-/t31-,36?/m0/s1. The highest BCUT2D eigenvalue weighted by Crippen LogP contribution is 2.34. The van der Waals surface area contributed by atoms with Crippen LogP contribution >= 0.6 is 0 Å². The van der Waals surface area contributed by atoms with Gasteiger partial charge in [0.25, 0.3) is 5.91 Å². The first kappa shape index (κ1) is 32.6. The van der Waals surface area contributed by atoms with E-state index >= 15 is 0 Å². The van der Waals surface area contributed by atoms with Crippen LogP contribution in [0.5, 0.6) is 0 Å². The second-order valence-electron chi connectivity index (χ2n) is 10.8. The lowest BCUT2D eigenvalue weighted by atomic mass is 9.92. The summed E-state index contributed by atoms with van der Waals surface area (Å²) in [6, 6.07) is 9.01. The normalized spacial score (nSPS) is 21.0. The molecule has 2 atom stereocenters. The molecule has 0 spiro atoms. The predicted molar refractivity (Wildman–Crippen MR) is 169 cm³/mol. The lowest BCUT2D eigenvalue weighted by Gasteiger charge is -2.24. The van der Waals surface area contributed by atoms with Crippen molar-refractivity contribution >= 4 is 17.6 Å². The molecule has 42 heavy (non-hydrogen) atoms. The van der Waals surface area contributed by atoms with E-state index in [0.29, 0.717) is 31.5 Å². The topological polar surface area (TPSA) is 75.7 Å². The maximum atomic E-state index is 12.8. The molecule has 1 aromatic carbocycles. The third-order valence-corrected chi connectivity index (χ3v) is 7.39. The summed E-state index contributed by atoms with van der Waals surface area (Å²) in [5.74, 6) is -0.536. The molecule has 6 heteroatoms. The van der Waals surface area contributed by atoms with Gasteiger partial charge in [0.2, 0.25) is 11.7 Å². The number of nitrogens with one attached hydrogen (secondary N) is 1. The number of allylic oxidation sites excluding steroid dienone is 10. The number of ketones is 1. The minimum absolute atomic E-state index is 0.0215. The van der Waals surface area contributed by atoms with Gasteiger partial charge < -0.3 is 15.0 Å². The molecule has 1 fully saturated rings. The lowest BCUT2D eigenvalue weighted by Crippen LogP contribution is -2.39. The van der Waals surface area contributed by atoms with E-state index in [4.69, 9.17) is 4.74 Å². The highest BCUT2D eigenvalue weighted by Gasteiger charge is 2.44. The minimum Gasteiger partial charge on any atom is -0.469 e. The van der Waals surface area contributed by atoms with Crippen LogP contribution in [0.15, 0.2) is 103 Å². The summed E-state index contributed by atoms with van der Waals surface area (Å²) in [7, 11) is 0. The Kier molecular flexibility index (Phi) is 13.8. The first-order valence-corrected chi connectivity index (χ1v) is 15.3. The van der Waals surface area contributed by atoms with Gasteiger partial charge in [-0.15, -0.1) is 0 Å². The Bertz CT molecular complexity index is 1210.